The Morgan fingerprint density at radius 1 is 1.24 bits per heavy atom. The van der Waals surface area contributed by atoms with Gasteiger partial charge in [-0.15, -0.1) is 0 Å². The minimum absolute atomic E-state index is 0.215. The topological polar surface area (TPSA) is 37.3 Å². The smallest absolute Gasteiger partial charge is 0.335 e. The van der Waals surface area contributed by atoms with Crippen molar-refractivity contribution in [1.29, 1.82) is 0 Å². The highest BCUT2D eigenvalue weighted by molar-refractivity contribution is 5.90. The number of nitrogens with zero attached hydrogens (tertiary/aromatic N) is 1. The highest BCUT2D eigenvalue weighted by atomic mass is 16.4. The predicted molar refractivity (Wildman–Crippen MR) is 71.8 cm³/mol. The first-order valence-electron chi connectivity index (χ1n) is 5.84. The number of carboxylic acids is 1. The standard InChI is InChI=1S/C14H21NO2/c1-9(2)11-8-13(15(4,5)6)10(3)7-12(11)14(16)17/h7-9H,1-6H3/p+1. The number of hydrogen-bond acceptors (Lipinski definition) is 1. The number of carboxylic acid groups (broad SMARTS) is 1. The van der Waals surface area contributed by atoms with Crippen molar-refractivity contribution < 1.29 is 9.90 Å². The lowest BCUT2D eigenvalue weighted by Gasteiger charge is -2.27. The molecular weight excluding hydrogens is 214 g/mol. The van der Waals surface area contributed by atoms with E-state index in [4.69, 9.17) is 0 Å². The fourth-order valence-corrected chi connectivity index (χ4v) is 2.10. The summed E-state index contributed by atoms with van der Waals surface area (Å²) in [7, 11) is 6.27. The Morgan fingerprint density at radius 2 is 1.76 bits per heavy atom. The minimum atomic E-state index is -0.843. The van der Waals surface area contributed by atoms with Crippen LogP contribution < -0.4 is 4.48 Å². The van der Waals surface area contributed by atoms with E-state index >= 15 is 0 Å². The van der Waals surface area contributed by atoms with Gasteiger partial charge < -0.3 is 5.11 Å². The van der Waals surface area contributed by atoms with Crippen LogP contribution in [0, 0.1) is 6.92 Å². The van der Waals surface area contributed by atoms with Gasteiger partial charge in [0.2, 0.25) is 0 Å². The summed E-state index contributed by atoms with van der Waals surface area (Å²) in [5, 5.41) is 9.23. The van der Waals surface area contributed by atoms with Gasteiger partial charge in [-0.05, 0) is 24.5 Å². The molecule has 0 atom stereocenters. The number of aryl methyl sites for hydroxylation is 1. The fourth-order valence-electron chi connectivity index (χ4n) is 2.10. The van der Waals surface area contributed by atoms with Crippen LogP contribution in [0.4, 0.5) is 5.69 Å². The third-order valence-corrected chi connectivity index (χ3v) is 2.94. The van der Waals surface area contributed by atoms with Crippen LogP contribution in [-0.2, 0) is 0 Å². The Morgan fingerprint density at radius 3 is 2.12 bits per heavy atom. The van der Waals surface area contributed by atoms with Crippen molar-refractivity contribution in [2.75, 3.05) is 21.1 Å². The molecule has 0 bridgehead atoms. The average molecular weight is 236 g/mol. The van der Waals surface area contributed by atoms with E-state index in [0.717, 1.165) is 11.1 Å². The lowest BCUT2D eigenvalue weighted by molar-refractivity contribution is 0.0695. The van der Waals surface area contributed by atoms with Crippen LogP contribution in [0.1, 0.15) is 41.3 Å². The molecule has 0 saturated heterocycles. The second-order valence-corrected chi connectivity index (χ2v) is 5.70. The SMILES string of the molecule is Cc1cc(C(=O)O)c(C(C)C)cc1[N+](C)(C)C. The molecule has 1 aromatic carbocycles. The van der Waals surface area contributed by atoms with E-state index in [2.05, 4.69) is 21.1 Å². The maximum atomic E-state index is 11.2. The lowest BCUT2D eigenvalue weighted by Crippen LogP contribution is -2.35. The molecule has 0 aliphatic rings. The summed E-state index contributed by atoms with van der Waals surface area (Å²) in [5.41, 5.74) is 3.53. The van der Waals surface area contributed by atoms with E-state index in [1.807, 2.05) is 26.8 Å². The maximum absolute atomic E-state index is 11.2. The molecule has 0 spiro atoms. The molecule has 94 valence electrons. The Kier molecular flexibility index (Phi) is 3.62. The largest absolute Gasteiger partial charge is 0.478 e. The minimum Gasteiger partial charge on any atom is -0.478 e. The molecule has 0 unspecified atom stereocenters. The molecule has 0 aromatic heterocycles. The van der Waals surface area contributed by atoms with Crippen LogP contribution in [-0.4, -0.2) is 32.2 Å². The molecule has 0 fully saturated rings. The molecule has 0 aliphatic heterocycles. The Bertz CT molecular complexity index is 442. The molecule has 0 amide bonds. The summed E-state index contributed by atoms with van der Waals surface area (Å²) in [4.78, 5) is 11.2. The van der Waals surface area contributed by atoms with Gasteiger partial charge in [-0.1, -0.05) is 13.8 Å². The first-order valence-corrected chi connectivity index (χ1v) is 5.84. The Labute approximate surface area is 103 Å². The van der Waals surface area contributed by atoms with Crippen molar-refractivity contribution in [3.63, 3.8) is 0 Å². The molecule has 3 nitrogen and oxygen atoms in total. The number of carbonyl (C=O) groups is 1. The Balaban J connectivity index is 3.51. The van der Waals surface area contributed by atoms with Crippen molar-refractivity contribution in [2.24, 2.45) is 0 Å². The Hall–Kier alpha value is -1.35. The monoisotopic (exact) mass is 236 g/mol. The van der Waals surface area contributed by atoms with Crippen LogP contribution in [0.25, 0.3) is 0 Å². The average Bonchev–Trinajstić information content (AvgIpc) is 2.14. The van der Waals surface area contributed by atoms with Crippen molar-refractivity contribution in [3.8, 4) is 0 Å². The molecule has 1 rings (SSSR count). The highest BCUT2D eigenvalue weighted by Crippen LogP contribution is 2.30. The first kappa shape index (κ1) is 13.7. The van der Waals surface area contributed by atoms with Gasteiger partial charge in [0.25, 0.3) is 0 Å². The van der Waals surface area contributed by atoms with E-state index in [9.17, 15) is 9.90 Å². The molecule has 3 heteroatoms. The van der Waals surface area contributed by atoms with Crippen LogP contribution in [0.15, 0.2) is 12.1 Å². The van der Waals surface area contributed by atoms with Gasteiger partial charge in [-0.2, -0.15) is 0 Å². The number of quaternary nitrogens is 1. The number of hydrogen-bond donors (Lipinski definition) is 1. The zero-order valence-corrected chi connectivity index (χ0v) is 11.5. The van der Waals surface area contributed by atoms with Crippen molar-refractivity contribution >= 4 is 11.7 Å². The summed E-state index contributed by atoms with van der Waals surface area (Å²) in [5.74, 6) is -0.628. The van der Waals surface area contributed by atoms with Gasteiger partial charge >= 0.3 is 5.97 Å². The third-order valence-electron chi connectivity index (χ3n) is 2.94. The van der Waals surface area contributed by atoms with E-state index < -0.39 is 5.97 Å². The van der Waals surface area contributed by atoms with E-state index in [0.29, 0.717) is 10.0 Å². The van der Waals surface area contributed by atoms with Gasteiger partial charge in [0.05, 0.1) is 26.7 Å². The number of aromatic carboxylic acids is 1. The van der Waals surface area contributed by atoms with Gasteiger partial charge in [-0.3, -0.25) is 4.48 Å². The summed E-state index contributed by atoms with van der Waals surface area (Å²) in [6.45, 7) is 6.02. The molecule has 0 saturated carbocycles. The van der Waals surface area contributed by atoms with Crippen molar-refractivity contribution in [1.82, 2.24) is 4.48 Å². The van der Waals surface area contributed by atoms with Gasteiger partial charge in [0.15, 0.2) is 0 Å². The number of rotatable bonds is 3. The quantitative estimate of drug-likeness (QED) is 0.819. The maximum Gasteiger partial charge on any atom is 0.335 e. The predicted octanol–water partition coefficient (Wildman–Crippen LogP) is 3.01. The molecule has 0 aliphatic carbocycles. The lowest BCUT2D eigenvalue weighted by atomic mass is 9.93. The molecule has 17 heavy (non-hydrogen) atoms. The zero-order valence-electron chi connectivity index (χ0n) is 11.5. The second kappa shape index (κ2) is 4.49. The molecular formula is C14H22NO2+. The van der Waals surface area contributed by atoms with Gasteiger partial charge in [0.1, 0.15) is 5.69 Å². The summed E-state index contributed by atoms with van der Waals surface area (Å²) in [6, 6.07) is 3.82. The second-order valence-electron chi connectivity index (χ2n) is 5.70. The molecule has 1 N–H and O–H groups in total. The third kappa shape index (κ3) is 2.86. The molecule has 0 radical (unpaired) electrons. The van der Waals surface area contributed by atoms with Crippen molar-refractivity contribution in [3.05, 3.63) is 28.8 Å². The van der Waals surface area contributed by atoms with Gasteiger partial charge in [0, 0.05) is 11.6 Å². The van der Waals surface area contributed by atoms with Crippen LogP contribution in [0.5, 0.6) is 0 Å². The normalized spacial score (nSPS) is 11.9. The van der Waals surface area contributed by atoms with E-state index in [-0.39, 0.29) is 5.92 Å². The van der Waals surface area contributed by atoms with E-state index in [1.54, 1.807) is 6.07 Å². The van der Waals surface area contributed by atoms with E-state index in [1.165, 1.54) is 5.69 Å². The van der Waals surface area contributed by atoms with Crippen LogP contribution in [0.3, 0.4) is 0 Å². The highest BCUT2D eigenvalue weighted by Gasteiger charge is 2.22. The van der Waals surface area contributed by atoms with Gasteiger partial charge in [-0.25, -0.2) is 4.79 Å². The van der Waals surface area contributed by atoms with Crippen molar-refractivity contribution in [2.45, 2.75) is 26.7 Å². The molecule has 1 aromatic rings. The number of benzene rings is 1. The summed E-state index contributed by atoms with van der Waals surface area (Å²) in [6.07, 6.45) is 0. The first-order chi connectivity index (χ1) is 7.64. The van der Waals surface area contributed by atoms with Crippen LogP contribution >= 0.6 is 0 Å². The molecule has 0 heterocycles. The zero-order chi connectivity index (χ0) is 13.4. The fraction of sp³-hybridized carbons (Fsp3) is 0.500. The van der Waals surface area contributed by atoms with Crippen LogP contribution in [0.2, 0.25) is 0 Å². The summed E-state index contributed by atoms with van der Waals surface area (Å²) >= 11 is 0. The summed E-state index contributed by atoms with van der Waals surface area (Å²) < 4.78 is 0.700.